The van der Waals surface area contributed by atoms with Gasteiger partial charge >= 0.3 is 0 Å². The molecule has 1 aliphatic heterocycles. The van der Waals surface area contributed by atoms with Crippen LogP contribution in [-0.2, 0) is 4.79 Å². The van der Waals surface area contributed by atoms with E-state index in [-0.39, 0.29) is 16.6 Å². The number of carbonyl (C=O) groups excluding carboxylic acids is 1. The number of hydrogen-bond donors (Lipinski definition) is 0. The average molecular weight is 181 g/mol. The van der Waals surface area contributed by atoms with Gasteiger partial charge in [-0.05, 0) is 11.8 Å². The molecule has 0 N–H and O–H groups in total. The Morgan fingerprint density at radius 1 is 1.31 bits per heavy atom. The van der Waals surface area contributed by atoms with Crippen LogP contribution in [0.3, 0.4) is 0 Å². The van der Waals surface area contributed by atoms with E-state index in [2.05, 4.69) is 25.8 Å². The molecule has 0 fully saturated rings. The van der Waals surface area contributed by atoms with Crippen molar-refractivity contribution in [1.82, 2.24) is 0 Å². The zero-order chi connectivity index (χ0) is 10.3. The van der Waals surface area contributed by atoms with Crippen LogP contribution in [0.4, 0.5) is 0 Å². The maximum absolute atomic E-state index is 11.5. The Morgan fingerprint density at radius 2 is 1.85 bits per heavy atom. The van der Waals surface area contributed by atoms with E-state index < -0.39 is 0 Å². The molecule has 74 valence electrons. The van der Waals surface area contributed by atoms with Gasteiger partial charge in [0.2, 0.25) is 0 Å². The fourth-order valence-corrected chi connectivity index (χ4v) is 1.46. The topological polar surface area (TPSA) is 29.4 Å². The van der Waals surface area contributed by atoms with E-state index in [0.717, 1.165) is 6.42 Å². The Kier molecular flexibility index (Phi) is 2.35. The largest absolute Gasteiger partial charge is 0.297 e. The minimum absolute atomic E-state index is 0.109. The minimum atomic E-state index is -0.204. The third-order valence-electron chi connectivity index (χ3n) is 2.64. The van der Waals surface area contributed by atoms with Crippen molar-refractivity contribution in [3.8, 4) is 0 Å². The molecule has 0 aromatic rings. The summed E-state index contributed by atoms with van der Waals surface area (Å²) in [6, 6.07) is 0. The van der Waals surface area contributed by atoms with Gasteiger partial charge in [-0.1, -0.05) is 34.6 Å². The summed E-state index contributed by atoms with van der Waals surface area (Å²) >= 11 is 0. The predicted molar refractivity (Wildman–Crippen MR) is 55.2 cm³/mol. The molecule has 1 rings (SSSR count). The molecule has 0 bridgehead atoms. The second-order valence-electron chi connectivity index (χ2n) is 5.50. The first-order valence-electron chi connectivity index (χ1n) is 4.80. The highest BCUT2D eigenvalue weighted by Crippen LogP contribution is 2.32. The number of ketones is 1. The van der Waals surface area contributed by atoms with Crippen molar-refractivity contribution in [1.29, 1.82) is 0 Å². The predicted octanol–water partition coefficient (Wildman–Crippen LogP) is 2.47. The molecule has 13 heavy (non-hydrogen) atoms. The van der Waals surface area contributed by atoms with Crippen molar-refractivity contribution < 1.29 is 4.79 Å². The molecule has 1 heterocycles. The van der Waals surface area contributed by atoms with Gasteiger partial charge in [-0.3, -0.25) is 9.79 Å². The number of aliphatic imine (C=N–C) groups is 1. The Bertz CT molecular complexity index is 256. The highest BCUT2D eigenvalue weighted by molar-refractivity contribution is 6.00. The summed E-state index contributed by atoms with van der Waals surface area (Å²) in [5, 5.41) is 0. The molecular weight excluding hydrogens is 162 g/mol. The molecule has 1 aliphatic rings. The number of nitrogens with zero attached hydrogens (tertiary/aromatic N) is 1. The third-order valence-corrected chi connectivity index (χ3v) is 2.64. The lowest BCUT2D eigenvalue weighted by Gasteiger charge is -2.33. The van der Waals surface area contributed by atoms with E-state index in [0.29, 0.717) is 6.54 Å². The first kappa shape index (κ1) is 10.4. The lowest BCUT2D eigenvalue weighted by molar-refractivity contribution is -0.125. The fraction of sp³-hybridized carbons (Fsp3) is 0.818. The van der Waals surface area contributed by atoms with Gasteiger partial charge < -0.3 is 0 Å². The molecule has 0 radical (unpaired) electrons. The van der Waals surface area contributed by atoms with Crippen LogP contribution in [-0.4, -0.2) is 18.0 Å². The highest BCUT2D eigenvalue weighted by atomic mass is 16.1. The Labute approximate surface area is 80.4 Å². The van der Waals surface area contributed by atoms with Gasteiger partial charge in [-0.25, -0.2) is 0 Å². The van der Waals surface area contributed by atoms with Crippen molar-refractivity contribution in [2.24, 2.45) is 15.8 Å². The van der Waals surface area contributed by atoms with E-state index >= 15 is 0 Å². The van der Waals surface area contributed by atoms with Crippen molar-refractivity contribution in [2.45, 2.75) is 41.0 Å². The summed E-state index contributed by atoms with van der Waals surface area (Å²) in [6.45, 7) is 10.8. The maximum atomic E-state index is 11.5. The Balaban J connectivity index is 2.90. The Hall–Kier alpha value is -0.660. The number of Topliss-reactive ketones (excluding diaryl/α,β-unsaturated/α-hetero) is 1. The quantitative estimate of drug-likeness (QED) is 0.564. The molecule has 0 unspecified atom stereocenters. The van der Waals surface area contributed by atoms with Crippen LogP contribution >= 0.6 is 0 Å². The number of rotatable bonds is 0. The maximum Gasteiger partial charge on any atom is 0.160 e. The Morgan fingerprint density at radius 3 is 2.23 bits per heavy atom. The van der Waals surface area contributed by atoms with Crippen LogP contribution in [0.2, 0.25) is 0 Å². The summed E-state index contributed by atoms with van der Waals surface area (Å²) in [4.78, 5) is 15.8. The molecule has 0 saturated carbocycles. The first-order chi connectivity index (χ1) is 5.73. The molecule has 0 amide bonds. The van der Waals surface area contributed by atoms with Crippen LogP contribution in [0.15, 0.2) is 4.99 Å². The molecule has 0 saturated heterocycles. The summed E-state index contributed by atoms with van der Waals surface area (Å²) in [6.07, 6.45) is 0.815. The first-order valence-corrected chi connectivity index (χ1v) is 4.80. The molecule has 0 aliphatic carbocycles. The van der Waals surface area contributed by atoms with Crippen molar-refractivity contribution in [2.75, 3.05) is 6.54 Å². The highest BCUT2D eigenvalue weighted by Gasteiger charge is 2.35. The number of hydrogen-bond acceptors (Lipinski definition) is 2. The SMILES string of the molecule is CC(C)(C)C1=NCC(=O)C(C)(C)C1. The van der Waals surface area contributed by atoms with Gasteiger partial charge in [-0.2, -0.15) is 0 Å². The standard InChI is InChI=1S/C11H19NO/c1-10(2,3)8-6-11(4,5)9(13)7-12-8/h6-7H2,1-5H3. The fourth-order valence-electron chi connectivity index (χ4n) is 1.46. The molecule has 0 atom stereocenters. The lowest BCUT2D eigenvalue weighted by Crippen LogP contribution is -2.38. The third kappa shape index (κ3) is 2.17. The van der Waals surface area contributed by atoms with Gasteiger partial charge in [0, 0.05) is 11.1 Å². The van der Waals surface area contributed by atoms with E-state index in [1.54, 1.807) is 0 Å². The van der Waals surface area contributed by atoms with Gasteiger partial charge in [0.25, 0.3) is 0 Å². The lowest BCUT2D eigenvalue weighted by atomic mass is 9.74. The molecule has 2 nitrogen and oxygen atoms in total. The van der Waals surface area contributed by atoms with Gasteiger partial charge in [0.15, 0.2) is 5.78 Å². The van der Waals surface area contributed by atoms with Gasteiger partial charge in [0.1, 0.15) is 0 Å². The van der Waals surface area contributed by atoms with Gasteiger partial charge in [-0.15, -0.1) is 0 Å². The van der Waals surface area contributed by atoms with E-state index in [4.69, 9.17) is 0 Å². The second kappa shape index (κ2) is 2.93. The molecule has 0 spiro atoms. The monoisotopic (exact) mass is 181 g/mol. The van der Waals surface area contributed by atoms with Crippen LogP contribution in [0.1, 0.15) is 41.0 Å². The van der Waals surface area contributed by atoms with Crippen LogP contribution < -0.4 is 0 Å². The summed E-state index contributed by atoms with van der Waals surface area (Å²) < 4.78 is 0. The van der Waals surface area contributed by atoms with Crippen molar-refractivity contribution >= 4 is 11.5 Å². The zero-order valence-corrected chi connectivity index (χ0v) is 9.27. The molecule has 0 aromatic heterocycles. The van der Waals surface area contributed by atoms with Crippen molar-refractivity contribution in [3.63, 3.8) is 0 Å². The zero-order valence-electron chi connectivity index (χ0n) is 9.27. The molecular formula is C11H19NO. The average Bonchev–Trinajstić information content (AvgIpc) is 1.92. The molecule has 2 heteroatoms. The van der Waals surface area contributed by atoms with Gasteiger partial charge in [0.05, 0.1) is 6.54 Å². The number of carbonyl (C=O) groups is 1. The molecule has 0 aromatic carbocycles. The smallest absolute Gasteiger partial charge is 0.160 e. The summed E-state index contributed by atoms with van der Waals surface area (Å²) in [7, 11) is 0. The second-order valence-corrected chi connectivity index (χ2v) is 5.50. The normalized spacial score (nSPS) is 22.8. The van der Waals surface area contributed by atoms with Crippen LogP contribution in [0.5, 0.6) is 0 Å². The van der Waals surface area contributed by atoms with E-state index in [1.165, 1.54) is 5.71 Å². The van der Waals surface area contributed by atoms with E-state index in [9.17, 15) is 4.79 Å². The minimum Gasteiger partial charge on any atom is -0.297 e. The van der Waals surface area contributed by atoms with Crippen LogP contribution in [0.25, 0.3) is 0 Å². The van der Waals surface area contributed by atoms with E-state index in [1.807, 2.05) is 13.8 Å². The summed E-state index contributed by atoms with van der Waals surface area (Å²) in [5.41, 5.74) is 1.08. The van der Waals surface area contributed by atoms with Crippen LogP contribution in [0, 0.1) is 10.8 Å². The van der Waals surface area contributed by atoms with Crippen molar-refractivity contribution in [3.05, 3.63) is 0 Å². The summed E-state index contributed by atoms with van der Waals surface area (Å²) in [5.74, 6) is 0.264.